The predicted molar refractivity (Wildman–Crippen MR) is 50.9 cm³/mol. The Morgan fingerprint density at radius 1 is 1.57 bits per heavy atom. The van der Waals surface area contributed by atoms with Crippen molar-refractivity contribution in [2.75, 3.05) is 26.4 Å². The summed E-state index contributed by atoms with van der Waals surface area (Å²) in [5.41, 5.74) is 0.887. The van der Waals surface area contributed by atoms with Gasteiger partial charge >= 0.3 is 0 Å². The summed E-state index contributed by atoms with van der Waals surface area (Å²) in [7, 11) is 0. The minimum Gasteiger partial charge on any atom is -0.394 e. The Bertz CT molecular complexity index is 250. The number of hydrogen-bond donors (Lipinski definition) is 2. The molecule has 5 heteroatoms. The molecule has 0 aromatic carbocycles. The molecule has 14 heavy (non-hydrogen) atoms. The second-order valence-corrected chi connectivity index (χ2v) is 2.95. The van der Waals surface area contributed by atoms with Gasteiger partial charge in [0.25, 0.3) is 0 Å². The van der Waals surface area contributed by atoms with Crippen molar-refractivity contribution in [3.05, 3.63) is 17.5 Å². The Morgan fingerprint density at radius 3 is 3.07 bits per heavy atom. The fourth-order valence-corrected chi connectivity index (χ4v) is 1.02. The molecule has 1 aromatic rings. The number of ether oxygens (including phenoxy) is 1. The van der Waals surface area contributed by atoms with Crippen molar-refractivity contribution in [3.8, 4) is 0 Å². The topological polar surface area (TPSA) is 67.5 Å². The largest absolute Gasteiger partial charge is 0.394 e. The van der Waals surface area contributed by atoms with Crippen LogP contribution in [0.1, 0.15) is 11.5 Å². The summed E-state index contributed by atoms with van der Waals surface area (Å²) in [5.74, 6) is 0.824. The molecule has 0 radical (unpaired) electrons. The van der Waals surface area contributed by atoms with Crippen LogP contribution in [-0.2, 0) is 11.3 Å². The summed E-state index contributed by atoms with van der Waals surface area (Å²) in [4.78, 5) is 0. The first kappa shape index (κ1) is 11.2. The zero-order valence-corrected chi connectivity index (χ0v) is 8.32. The highest BCUT2D eigenvalue weighted by molar-refractivity contribution is 5.02. The number of hydrogen-bond acceptors (Lipinski definition) is 5. The van der Waals surface area contributed by atoms with E-state index in [1.165, 1.54) is 0 Å². The molecular weight excluding hydrogens is 184 g/mol. The number of aromatic nitrogens is 1. The van der Waals surface area contributed by atoms with Gasteiger partial charge in [0.15, 0.2) is 5.76 Å². The summed E-state index contributed by atoms with van der Waals surface area (Å²) < 4.78 is 10.1. The van der Waals surface area contributed by atoms with Gasteiger partial charge in [-0.2, -0.15) is 0 Å². The maximum Gasteiger partial charge on any atom is 0.150 e. The summed E-state index contributed by atoms with van der Waals surface area (Å²) in [6.45, 7) is 4.33. The lowest BCUT2D eigenvalue weighted by Gasteiger charge is -2.02. The standard InChI is InChI=1S/C9H16N2O3/c1-8-6-9(14-11-8)7-10-2-4-13-5-3-12/h6,10,12H,2-5,7H2,1H3. The van der Waals surface area contributed by atoms with Crippen LogP contribution in [0, 0.1) is 6.92 Å². The monoisotopic (exact) mass is 200 g/mol. The van der Waals surface area contributed by atoms with E-state index in [2.05, 4.69) is 10.5 Å². The van der Waals surface area contributed by atoms with E-state index in [-0.39, 0.29) is 6.61 Å². The van der Waals surface area contributed by atoms with E-state index in [1.54, 1.807) is 0 Å². The number of nitrogens with zero attached hydrogens (tertiary/aromatic N) is 1. The minimum absolute atomic E-state index is 0.0707. The molecule has 0 aliphatic rings. The van der Waals surface area contributed by atoms with Crippen LogP contribution in [0.2, 0.25) is 0 Å². The van der Waals surface area contributed by atoms with Gasteiger partial charge in [0.05, 0.1) is 32.1 Å². The predicted octanol–water partition coefficient (Wildman–Crippen LogP) is 0.0815. The van der Waals surface area contributed by atoms with Crippen molar-refractivity contribution < 1.29 is 14.4 Å². The summed E-state index contributed by atoms with van der Waals surface area (Å²) in [6, 6.07) is 1.89. The van der Waals surface area contributed by atoms with E-state index in [0.29, 0.717) is 19.8 Å². The van der Waals surface area contributed by atoms with Crippen LogP contribution in [0.4, 0.5) is 0 Å². The van der Waals surface area contributed by atoms with Gasteiger partial charge in [-0.1, -0.05) is 5.16 Å². The Kier molecular flexibility index (Phi) is 5.21. The number of aliphatic hydroxyl groups excluding tert-OH is 1. The molecule has 0 aliphatic heterocycles. The van der Waals surface area contributed by atoms with E-state index >= 15 is 0 Å². The SMILES string of the molecule is Cc1cc(CNCCOCCO)on1. The van der Waals surface area contributed by atoms with Gasteiger partial charge in [-0.15, -0.1) is 0 Å². The molecule has 2 N–H and O–H groups in total. The lowest BCUT2D eigenvalue weighted by molar-refractivity contribution is 0.0935. The summed E-state index contributed by atoms with van der Waals surface area (Å²) in [6.07, 6.45) is 0. The highest BCUT2D eigenvalue weighted by atomic mass is 16.5. The number of rotatable bonds is 7. The lowest BCUT2D eigenvalue weighted by atomic mass is 10.4. The van der Waals surface area contributed by atoms with E-state index in [9.17, 15) is 0 Å². The van der Waals surface area contributed by atoms with Crippen LogP contribution >= 0.6 is 0 Å². The molecule has 0 fully saturated rings. The first-order valence-electron chi connectivity index (χ1n) is 4.64. The van der Waals surface area contributed by atoms with Crippen LogP contribution in [0.5, 0.6) is 0 Å². The van der Waals surface area contributed by atoms with Crippen molar-refractivity contribution >= 4 is 0 Å². The van der Waals surface area contributed by atoms with Crippen molar-refractivity contribution in [2.24, 2.45) is 0 Å². The highest BCUT2D eigenvalue weighted by Gasteiger charge is 1.98. The van der Waals surface area contributed by atoms with Crippen molar-refractivity contribution in [2.45, 2.75) is 13.5 Å². The van der Waals surface area contributed by atoms with Crippen LogP contribution in [0.15, 0.2) is 10.6 Å². The molecule has 0 amide bonds. The van der Waals surface area contributed by atoms with Crippen molar-refractivity contribution in [1.29, 1.82) is 0 Å². The fourth-order valence-electron chi connectivity index (χ4n) is 1.02. The van der Waals surface area contributed by atoms with E-state index in [1.807, 2.05) is 13.0 Å². The molecule has 0 unspecified atom stereocenters. The van der Waals surface area contributed by atoms with Gasteiger partial charge in [-0.05, 0) is 6.92 Å². The third kappa shape index (κ3) is 4.36. The van der Waals surface area contributed by atoms with Crippen LogP contribution in [0.25, 0.3) is 0 Å². The quantitative estimate of drug-likeness (QED) is 0.610. The van der Waals surface area contributed by atoms with Gasteiger partial charge in [-0.25, -0.2) is 0 Å². The first-order chi connectivity index (χ1) is 6.83. The fraction of sp³-hybridized carbons (Fsp3) is 0.667. The lowest BCUT2D eigenvalue weighted by Crippen LogP contribution is -2.19. The highest BCUT2D eigenvalue weighted by Crippen LogP contribution is 2.00. The van der Waals surface area contributed by atoms with Crippen LogP contribution in [0.3, 0.4) is 0 Å². The summed E-state index contributed by atoms with van der Waals surface area (Å²) in [5, 5.41) is 15.3. The van der Waals surface area contributed by atoms with E-state index in [0.717, 1.165) is 18.0 Å². The third-order valence-corrected chi connectivity index (χ3v) is 1.63. The Hall–Kier alpha value is -0.910. The van der Waals surface area contributed by atoms with Gasteiger partial charge in [0, 0.05) is 12.6 Å². The molecule has 0 saturated carbocycles. The van der Waals surface area contributed by atoms with Gasteiger partial charge in [0.1, 0.15) is 0 Å². The van der Waals surface area contributed by atoms with Gasteiger partial charge in [0.2, 0.25) is 0 Å². The Morgan fingerprint density at radius 2 is 2.43 bits per heavy atom. The molecule has 0 bridgehead atoms. The number of aryl methyl sites for hydroxylation is 1. The summed E-state index contributed by atoms with van der Waals surface area (Å²) >= 11 is 0. The molecule has 1 rings (SSSR count). The van der Waals surface area contributed by atoms with Crippen LogP contribution in [-0.4, -0.2) is 36.6 Å². The molecule has 80 valence electrons. The molecule has 0 spiro atoms. The van der Waals surface area contributed by atoms with Crippen molar-refractivity contribution in [1.82, 2.24) is 10.5 Å². The number of nitrogens with one attached hydrogen (secondary N) is 1. The average Bonchev–Trinajstić information content (AvgIpc) is 2.58. The normalized spacial score (nSPS) is 10.7. The zero-order chi connectivity index (χ0) is 10.2. The molecule has 0 saturated heterocycles. The molecule has 5 nitrogen and oxygen atoms in total. The van der Waals surface area contributed by atoms with E-state index < -0.39 is 0 Å². The minimum atomic E-state index is 0.0707. The molecule has 1 heterocycles. The Labute approximate surface area is 83.0 Å². The van der Waals surface area contributed by atoms with Gasteiger partial charge < -0.3 is 19.7 Å². The smallest absolute Gasteiger partial charge is 0.150 e. The second-order valence-electron chi connectivity index (χ2n) is 2.95. The van der Waals surface area contributed by atoms with Crippen LogP contribution < -0.4 is 5.32 Å². The maximum absolute atomic E-state index is 8.43. The maximum atomic E-state index is 8.43. The Balaban J connectivity index is 1.99. The van der Waals surface area contributed by atoms with Crippen molar-refractivity contribution in [3.63, 3.8) is 0 Å². The molecular formula is C9H16N2O3. The third-order valence-electron chi connectivity index (χ3n) is 1.63. The van der Waals surface area contributed by atoms with Gasteiger partial charge in [-0.3, -0.25) is 0 Å². The second kappa shape index (κ2) is 6.53. The first-order valence-corrected chi connectivity index (χ1v) is 4.64. The number of aliphatic hydroxyl groups is 1. The molecule has 0 atom stereocenters. The molecule has 0 aliphatic carbocycles. The zero-order valence-electron chi connectivity index (χ0n) is 8.32. The average molecular weight is 200 g/mol. The molecule has 1 aromatic heterocycles. The van der Waals surface area contributed by atoms with E-state index in [4.69, 9.17) is 14.4 Å².